The lowest BCUT2D eigenvalue weighted by Crippen LogP contribution is -2.42. The van der Waals surface area contributed by atoms with Gasteiger partial charge in [0.25, 0.3) is 0 Å². The summed E-state index contributed by atoms with van der Waals surface area (Å²) >= 11 is 0. The van der Waals surface area contributed by atoms with Crippen LogP contribution in [0.4, 0.5) is 0 Å². The van der Waals surface area contributed by atoms with Crippen molar-refractivity contribution in [1.29, 1.82) is 0 Å². The summed E-state index contributed by atoms with van der Waals surface area (Å²) in [4.78, 5) is 13.5. The number of hydrogen-bond acceptors (Lipinski definition) is 4. The fraction of sp³-hybridized carbons (Fsp3) is 0.562. The Balaban J connectivity index is 2.71. The van der Waals surface area contributed by atoms with Gasteiger partial charge in [-0.15, -0.1) is 0 Å². The first-order valence-corrected chi connectivity index (χ1v) is 7.15. The van der Waals surface area contributed by atoms with Gasteiger partial charge >= 0.3 is 5.97 Å². The highest BCUT2D eigenvalue weighted by molar-refractivity contribution is 5.71. The minimum absolute atomic E-state index is 0.213. The van der Waals surface area contributed by atoms with Crippen molar-refractivity contribution in [2.24, 2.45) is 0 Å². The van der Waals surface area contributed by atoms with Crippen LogP contribution < -0.4 is 0 Å². The van der Waals surface area contributed by atoms with E-state index in [1.165, 1.54) is 0 Å². The molecule has 0 aliphatic heterocycles. The highest BCUT2D eigenvalue weighted by atomic mass is 16.5. The largest absolute Gasteiger partial charge is 0.465 e. The third kappa shape index (κ3) is 5.31. The zero-order chi connectivity index (χ0) is 15.0. The zero-order valence-corrected chi connectivity index (χ0v) is 12.6. The molecule has 0 aliphatic rings. The SMILES string of the molecule is CCCN(CC(=O)OCC)CC(C)(O)c1ccccc1. The summed E-state index contributed by atoms with van der Waals surface area (Å²) in [5.74, 6) is -0.246. The van der Waals surface area contributed by atoms with Crippen molar-refractivity contribution >= 4 is 5.97 Å². The number of ether oxygens (including phenoxy) is 1. The molecule has 1 rings (SSSR count). The minimum Gasteiger partial charge on any atom is -0.465 e. The maximum absolute atomic E-state index is 11.6. The summed E-state index contributed by atoms with van der Waals surface area (Å²) in [5, 5.41) is 10.6. The average molecular weight is 279 g/mol. The molecule has 0 aliphatic carbocycles. The molecular weight excluding hydrogens is 254 g/mol. The van der Waals surface area contributed by atoms with Crippen molar-refractivity contribution in [2.75, 3.05) is 26.2 Å². The third-order valence-corrected chi connectivity index (χ3v) is 3.13. The van der Waals surface area contributed by atoms with Gasteiger partial charge in [0, 0.05) is 6.54 Å². The van der Waals surface area contributed by atoms with Crippen molar-refractivity contribution in [3.8, 4) is 0 Å². The summed E-state index contributed by atoms with van der Waals surface area (Å²) in [6.07, 6.45) is 0.921. The minimum atomic E-state index is -0.983. The summed E-state index contributed by atoms with van der Waals surface area (Å²) in [6.45, 7) is 7.37. The molecule has 0 amide bonds. The molecule has 0 bridgehead atoms. The summed E-state index contributed by atoms with van der Waals surface area (Å²) in [6, 6.07) is 9.52. The van der Waals surface area contributed by atoms with Crippen LogP contribution in [-0.2, 0) is 15.1 Å². The number of aliphatic hydroxyl groups is 1. The van der Waals surface area contributed by atoms with Gasteiger partial charge in [-0.1, -0.05) is 37.3 Å². The number of nitrogens with zero attached hydrogens (tertiary/aromatic N) is 1. The van der Waals surface area contributed by atoms with E-state index in [4.69, 9.17) is 4.74 Å². The molecule has 0 spiro atoms. The van der Waals surface area contributed by atoms with Crippen LogP contribution in [0.5, 0.6) is 0 Å². The molecule has 20 heavy (non-hydrogen) atoms. The van der Waals surface area contributed by atoms with Crippen molar-refractivity contribution in [3.63, 3.8) is 0 Å². The van der Waals surface area contributed by atoms with Crippen LogP contribution >= 0.6 is 0 Å². The maximum atomic E-state index is 11.6. The fourth-order valence-electron chi connectivity index (χ4n) is 2.24. The predicted molar refractivity (Wildman–Crippen MR) is 79.4 cm³/mol. The Kier molecular flexibility index (Phi) is 6.68. The molecule has 0 aromatic heterocycles. The Labute approximate surface area is 121 Å². The van der Waals surface area contributed by atoms with Crippen LogP contribution in [0.25, 0.3) is 0 Å². The molecule has 1 atom stereocenters. The number of hydrogen-bond donors (Lipinski definition) is 1. The van der Waals surface area contributed by atoms with Crippen LogP contribution in [-0.4, -0.2) is 42.2 Å². The van der Waals surface area contributed by atoms with E-state index in [1.807, 2.05) is 35.2 Å². The summed E-state index contributed by atoms with van der Waals surface area (Å²) in [5.41, 5.74) is -0.131. The van der Waals surface area contributed by atoms with Gasteiger partial charge < -0.3 is 9.84 Å². The number of carbonyl (C=O) groups excluding carboxylic acids is 1. The first kappa shape index (κ1) is 16.7. The van der Waals surface area contributed by atoms with Crippen LogP contribution in [0.2, 0.25) is 0 Å². The third-order valence-electron chi connectivity index (χ3n) is 3.13. The van der Waals surface area contributed by atoms with E-state index in [0.29, 0.717) is 13.2 Å². The second-order valence-corrected chi connectivity index (χ2v) is 5.16. The topological polar surface area (TPSA) is 49.8 Å². The molecule has 0 radical (unpaired) electrons. The Morgan fingerprint density at radius 1 is 1.30 bits per heavy atom. The quantitative estimate of drug-likeness (QED) is 0.741. The van der Waals surface area contributed by atoms with Crippen molar-refractivity contribution in [3.05, 3.63) is 35.9 Å². The predicted octanol–water partition coefficient (Wildman–Crippen LogP) is 2.17. The lowest BCUT2D eigenvalue weighted by molar-refractivity contribution is -0.145. The second-order valence-electron chi connectivity index (χ2n) is 5.16. The standard InChI is InChI=1S/C16H25NO3/c1-4-11-17(12-15(18)20-5-2)13-16(3,19)14-9-7-6-8-10-14/h6-10,19H,4-5,11-13H2,1-3H3. The summed E-state index contributed by atoms with van der Waals surface area (Å²) < 4.78 is 4.98. The number of carbonyl (C=O) groups is 1. The summed E-state index contributed by atoms with van der Waals surface area (Å²) in [7, 11) is 0. The molecule has 1 aromatic rings. The van der Waals surface area contributed by atoms with Gasteiger partial charge in [0.1, 0.15) is 0 Å². The number of esters is 1. The zero-order valence-electron chi connectivity index (χ0n) is 12.6. The molecule has 1 unspecified atom stereocenters. The monoisotopic (exact) mass is 279 g/mol. The Hall–Kier alpha value is -1.39. The molecule has 0 fully saturated rings. The smallest absolute Gasteiger partial charge is 0.320 e. The normalized spacial score (nSPS) is 14.1. The van der Waals surface area contributed by atoms with E-state index in [-0.39, 0.29) is 12.5 Å². The molecule has 0 saturated carbocycles. The van der Waals surface area contributed by atoms with Crippen LogP contribution in [0, 0.1) is 0 Å². The average Bonchev–Trinajstić information content (AvgIpc) is 2.39. The van der Waals surface area contributed by atoms with Gasteiger partial charge in [0.15, 0.2) is 0 Å². The van der Waals surface area contributed by atoms with Crippen LogP contribution in [0.15, 0.2) is 30.3 Å². The Morgan fingerprint density at radius 2 is 1.95 bits per heavy atom. The second kappa shape index (κ2) is 8.02. The van der Waals surface area contributed by atoms with E-state index >= 15 is 0 Å². The van der Waals surface area contributed by atoms with Gasteiger partial charge in [0.2, 0.25) is 0 Å². The molecule has 0 heterocycles. The van der Waals surface area contributed by atoms with E-state index in [1.54, 1.807) is 13.8 Å². The van der Waals surface area contributed by atoms with E-state index < -0.39 is 5.60 Å². The molecule has 4 heteroatoms. The van der Waals surface area contributed by atoms with Crippen molar-refractivity contribution in [1.82, 2.24) is 4.90 Å². The molecular formula is C16H25NO3. The molecule has 1 N–H and O–H groups in total. The Morgan fingerprint density at radius 3 is 2.50 bits per heavy atom. The highest BCUT2D eigenvalue weighted by Crippen LogP contribution is 2.21. The lowest BCUT2D eigenvalue weighted by atomic mass is 9.95. The first-order chi connectivity index (χ1) is 9.49. The van der Waals surface area contributed by atoms with E-state index in [9.17, 15) is 9.90 Å². The lowest BCUT2D eigenvalue weighted by Gasteiger charge is -2.31. The number of rotatable bonds is 8. The first-order valence-electron chi connectivity index (χ1n) is 7.15. The van der Waals surface area contributed by atoms with Gasteiger partial charge in [-0.3, -0.25) is 9.69 Å². The van der Waals surface area contributed by atoms with Crippen LogP contribution in [0.1, 0.15) is 32.8 Å². The van der Waals surface area contributed by atoms with Crippen molar-refractivity contribution in [2.45, 2.75) is 32.8 Å². The maximum Gasteiger partial charge on any atom is 0.320 e. The molecule has 4 nitrogen and oxygen atoms in total. The van der Waals surface area contributed by atoms with Gasteiger partial charge in [0.05, 0.1) is 18.8 Å². The van der Waals surface area contributed by atoms with Crippen molar-refractivity contribution < 1.29 is 14.6 Å². The molecule has 112 valence electrons. The van der Waals surface area contributed by atoms with E-state index in [0.717, 1.165) is 18.5 Å². The number of benzene rings is 1. The van der Waals surface area contributed by atoms with Gasteiger partial charge in [-0.25, -0.2) is 0 Å². The van der Waals surface area contributed by atoms with E-state index in [2.05, 4.69) is 6.92 Å². The highest BCUT2D eigenvalue weighted by Gasteiger charge is 2.26. The van der Waals surface area contributed by atoms with Gasteiger partial charge in [-0.05, 0) is 32.4 Å². The molecule has 0 saturated heterocycles. The molecule has 1 aromatic carbocycles. The van der Waals surface area contributed by atoms with Gasteiger partial charge in [-0.2, -0.15) is 0 Å². The Bertz CT molecular complexity index is 403. The van der Waals surface area contributed by atoms with Crippen LogP contribution in [0.3, 0.4) is 0 Å². The fourth-order valence-corrected chi connectivity index (χ4v) is 2.24.